The number of hydrogen-bond acceptors (Lipinski definition) is 4. The van der Waals surface area contributed by atoms with Crippen molar-refractivity contribution in [1.82, 2.24) is 0 Å². The monoisotopic (exact) mass is 506 g/mol. The molecule has 0 atom stereocenters. The second-order valence-electron chi connectivity index (χ2n) is 5.43. The van der Waals surface area contributed by atoms with Gasteiger partial charge in [-0.2, -0.15) is 70.2 Å². The summed E-state index contributed by atoms with van der Waals surface area (Å²) in [4.78, 5) is 10.2. The first kappa shape index (κ1) is 29.4. The molecular weight excluding hydrogens is 500 g/mol. The van der Waals surface area contributed by atoms with Crippen molar-refractivity contribution in [1.29, 1.82) is 0 Å². The lowest BCUT2D eigenvalue weighted by Crippen LogP contribution is -2.61. The van der Waals surface area contributed by atoms with E-state index in [0.717, 1.165) is 0 Å². The summed E-state index contributed by atoms with van der Waals surface area (Å²) in [6.45, 7) is -1.28. The average molecular weight is 506 g/mol. The van der Waals surface area contributed by atoms with Crippen LogP contribution in [0.3, 0.4) is 0 Å². The van der Waals surface area contributed by atoms with Crippen LogP contribution in [0.2, 0.25) is 0 Å². The Labute approximate surface area is 159 Å². The normalized spacial score (nSPS) is 15.9. The summed E-state index contributed by atoms with van der Waals surface area (Å²) < 4.78 is 210. The lowest BCUT2D eigenvalue weighted by Gasteiger charge is -2.36. The number of carbonyl (C=O) groups excluding carboxylic acids is 1. The fourth-order valence-electron chi connectivity index (χ4n) is 1.11. The molecule has 0 aromatic carbocycles. The first-order valence-corrected chi connectivity index (χ1v) is 6.70. The molecule has 0 rings (SSSR count). The van der Waals surface area contributed by atoms with Gasteiger partial charge in [0.15, 0.2) is 0 Å². The number of carbonyl (C=O) groups is 1. The van der Waals surface area contributed by atoms with Crippen LogP contribution in [0.5, 0.6) is 0 Å². The van der Waals surface area contributed by atoms with Crippen LogP contribution in [-0.2, 0) is 19.0 Å². The zero-order valence-electron chi connectivity index (χ0n) is 14.2. The molecule has 0 unspecified atom stereocenters. The Morgan fingerprint density at radius 1 is 0.516 bits per heavy atom. The van der Waals surface area contributed by atoms with E-state index in [1.54, 1.807) is 0 Å². The standard InChI is InChI=1S/C11H6F16O4/c1-3(28)5(14,15)29-8(20,21)9(22,23)31-11(26,27)10(24,25)30-7(18,19)6(16,17)4(2,12)13/h1-2H3. The smallest absolute Gasteiger partial charge is 0.290 e. The van der Waals surface area contributed by atoms with Gasteiger partial charge in [0.2, 0.25) is 5.78 Å². The Morgan fingerprint density at radius 2 is 0.774 bits per heavy atom. The van der Waals surface area contributed by atoms with Gasteiger partial charge in [0, 0.05) is 13.8 Å². The van der Waals surface area contributed by atoms with Crippen molar-refractivity contribution in [3.05, 3.63) is 0 Å². The number of rotatable bonds is 11. The molecule has 4 nitrogen and oxygen atoms in total. The molecule has 0 saturated heterocycles. The van der Waals surface area contributed by atoms with E-state index in [2.05, 4.69) is 0 Å². The molecule has 0 aromatic rings. The maximum Gasteiger partial charge on any atom is 0.453 e. The number of halogens is 16. The minimum absolute atomic E-state index is 0.253. The Balaban J connectivity index is 5.92. The van der Waals surface area contributed by atoms with Gasteiger partial charge in [-0.25, -0.2) is 14.2 Å². The Bertz CT molecular complexity index is 667. The van der Waals surface area contributed by atoms with Crippen LogP contribution in [0.15, 0.2) is 0 Å². The van der Waals surface area contributed by atoms with Crippen LogP contribution in [0, 0.1) is 0 Å². The highest BCUT2D eigenvalue weighted by Crippen LogP contribution is 2.52. The van der Waals surface area contributed by atoms with Crippen molar-refractivity contribution in [2.75, 3.05) is 0 Å². The summed E-state index contributed by atoms with van der Waals surface area (Å²) in [5, 5.41) is 0. The van der Waals surface area contributed by atoms with Crippen LogP contribution in [0.25, 0.3) is 0 Å². The molecule has 0 spiro atoms. The van der Waals surface area contributed by atoms with Gasteiger partial charge in [-0.05, 0) is 0 Å². The highest BCUT2D eigenvalue weighted by atomic mass is 19.4. The first-order chi connectivity index (χ1) is 13.1. The number of alkyl halides is 16. The lowest BCUT2D eigenvalue weighted by atomic mass is 10.2. The van der Waals surface area contributed by atoms with Crippen LogP contribution in [0.1, 0.15) is 13.8 Å². The van der Waals surface area contributed by atoms with E-state index in [-0.39, 0.29) is 6.92 Å². The second-order valence-corrected chi connectivity index (χ2v) is 5.43. The maximum absolute atomic E-state index is 13.0. The van der Waals surface area contributed by atoms with E-state index in [0.29, 0.717) is 0 Å². The maximum atomic E-state index is 13.0. The number of Topliss-reactive ketones (excluding diaryl/α,β-unsaturated/α-hetero) is 1. The van der Waals surface area contributed by atoms with Crippen LogP contribution < -0.4 is 0 Å². The van der Waals surface area contributed by atoms with E-state index in [1.807, 2.05) is 4.74 Å². The van der Waals surface area contributed by atoms with E-state index in [4.69, 9.17) is 0 Å². The molecule has 0 aliphatic carbocycles. The van der Waals surface area contributed by atoms with Gasteiger partial charge in [0.25, 0.3) is 0 Å². The molecule has 0 fully saturated rings. The molecule has 0 bridgehead atoms. The molecule has 0 aromatic heterocycles. The first-order valence-electron chi connectivity index (χ1n) is 6.70. The molecule has 186 valence electrons. The van der Waals surface area contributed by atoms with E-state index < -0.39 is 61.2 Å². The summed E-state index contributed by atoms with van der Waals surface area (Å²) >= 11 is 0. The molecule has 0 radical (unpaired) electrons. The SMILES string of the molecule is CC(=O)C(F)(F)OC(F)(F)C(F)(F)OC(F)(F)C(F)(F)OC(F)(F)C(F)(F)C(C)(F)F. The minimum Gasteiger partial charge on any atom is -0.290 e. The average Bonchev–Trinajstić information content (AvgIpc) is 2.41. The summed E-state index contributed by atoms with van der Waals surface area (Å²) in [7, 11) is 0. The summed E-state index contributed by atoms with van der Waals surface area (Å²) in [5.74, 6) is -15.7. The molecule has 0 amide bonds. The predicted molar refractivity (Wildman–Crippen MR) is 59.2 cm³/mol. The van der Waals surface area contributed by atoms with Crippen molar-refractivity contribution < 1.29 is 89.3 Å². The molecular formula is C11H6F16O4. The predicted octanol–water partition coefficient (Wildman–Crippen LogP) is 5.47. The van der Waals surface area contributed by atoms with Crippen LogP contribution in [-0.4, -0.2) is 54.3 Å². The van der Waals surface area contributed by atoms with Gasteiger partial charge in [0.05, 0.1) is 0 Å². The van der Waals surface area contributed by atoms with E-state index in [1.165, 1.54) is 9.47 Å². The van der Waals surface area contributed by atoms with Crippen LogP contribution >= 0.6 is 0 Å². The van der Waals surface area contributed by atoms with Gasteiger partial charge in [-0.1, -0.05) is 0 Å². The van der Waals surface area contributed by atoms with Gasteiger partial charge >= 0.3 is 48.5 Å². The van der Waals surface area contributed by atoms with E-state index in [9.17, 15) is 75.0 Å². The zero-order valence-corrected chi connectivity index (χ0v) is 14.2. The summed E-state index contributed by atoms with van der Waals surface area (Å²) in [6, 6.07) is 0. The van der Waals surface area contributed by atoms with Gasteiger partial charge in [-0.3, -0.25) is 4.79 Å². The quantitative estimate of drug-likeness (QED) is 0.349. The van der Waals surface area contributed by atoms with Crippen molar-refractivity contribution in [3.63, 3.8) is 0 Å². The van der Waals surface area contributed by atoms with Gasteiger partial charge in [-0.15, -0.1) is 0 Å². The molecule has 0 aliphatic rings. The van der Waals surface area contributed by atoms with Gasteiger partial charge < -0.3 is 0 Å². The number of ketones is 1. The molecule has 20 heteroatoms. The largest absolute Gasteiger partial charge is 0.453 e. The topological polar surface area (TPSA) is 44.8 Å². The zero-order chi connectivity index (χ0) is 25.7. The Kier molecular flexibility index (Phi) is 7.39. The van der Waals surface area contributed by atoms with Crippen molar-refractivity contribution >= 4 is 5.78 Å². The molecule has 0 heterocycles. The number of hydrogen-bond donors (Lipinski definition) is 0. The third kappa shape index (κ3) is 5.82. The Hall–Kier alpha value is -1.57. The summed E-state index contributed by atoms with van der Waals surface area (Å²) in [6.07, 6.45) is -42.5. The summed E-state index contributed by atoms with van der Waals surface area (Å²) in [5.41, 5.74) is 0. The molecule has 31 heavy (non-hydrogen) atoms. The van der Waals surface area contributed by atoms with Crippen LogP contribution in [0.4, 0.5) is 70.2 Å². The third-order valence-corrected chi connectivity index (χ3v) is 2.77. The minimum atomic E-state index is -7.50. The van der Waals surface area contributed by atoms with Gasteiger partial charge in [0.1, 0.15) is 0 Å². The lowest BCUT2D eigenvalue weighted by molar-refractivity contribution is -0.564. The molecule has 0 saturated carbocycles. The van der Waals surface area contributed by atoms with Crippen molar-refractivity contribution in [2.24, 2.45) is 0 Å². The highest BCUT2D eigenvalue weighted by Gasteiger charge is 2.79. The van der Waals surface area contributed by atoms with E-state index >= 15 is 0 Å². The van der Waals surface area contributed by atoms with Crippen molar-refractivity contribution in [2.45, 2.75) is 62.3 Å². The second kappa shape index (κ2) is 7.78. The number of ether oxygens (including phenoxy) is 3. The molecule has 0 aliphatic heterocycles. The Morgan fingerprint density at radius 3 is 1.03 bits per heavy atom. The van der Waals surface area contributed by atoms with Crippen molar-refractivity contribution in [3.8, 4) is 0 Å². The fraction of sp³-hybridized carbons (Fsp3) is 0.909. The highest BCUT2D eigenvalue weighted by molar-refractivity contribution is 5.81. The third-order valence-electron chi connectivity index (χ3n) is 2.77. The molecule has 0 N–H and O–H groups in total. The fourth-order valence-corrected chi connectivity index (χ4v) is 1.11.